The molecule has 3 aliphatic heterocycles. The number of carbonyl (C=O) groups excluding carboxylic acids is 1. The number of hydrogen-bond donors (Lipinski definition) is 0. The van der Waals surface area contributed by atoms with E-state index in [0.29, 0.717) is 29.4 Å². The molecule has 3 nitrogen and oxygen atoms in total. The van der Waals surface area contributed by atoms with Crippen LogP contribution >= 0.6 is 0 Å². The molecule has 6 rings (SSSR count). The van der Waals surface area contributed by atoms with Crippen molar-refractivity contribution in [3.05, 3.63) is 65.0 Å². The van der Waals surface area contributed by atoms with E-state index in [9.17, 15) is 9.18 Å². The van der Waals surface area contributed by atoms with E-state index in [2.05, 4.69) is 28.0 Å². The van der Waals surface area contributed by atoms with Gasteiger partial charge in [-0.15, -0.1) is 0 Å². The molecule has 3 heterocycles. The summed E-state index contributed by atoms with van der Waals surface area (Å²) >= 11 is 0. The summed E-state index contributed by atoms with van der Waals surface area (Å²) in [4.78, 5) is 17.7. The van der Waals surface area contributed by atoms with Crippen molar-refractivity contribution in [2.24, 2.45) is 0 Å². The molecular weight excluding hydrogens is 375 g/mol. The molecule has 1 saturated carbocycles. The quantitative estimate of drug-likeness (QED) is 0.662. The number of carbonyl (C=O) groups is 1. The Balaban J connectivity index is 1.12. The minimum absolute atomic E-state index is 0.118. The van der Waals surface area contributed by atoms with Gasteiger partial charge in [-0.25, -0.2) is 4.39 Å². The number of para-hydroxylation sites is 1. The molecule has 2 fully saturated rings. The molecule has 2 atom stereocenters. The van der Waals surface area contributed by atoms with Gasteiger partial charge in [0, 0.05) is 49.3 Å². The highest BCUT2D eigenvalue weighted by Gasteiger charge is 2.53. The highest BCUT2D eigenvalue weighted by molar-refractivity contribution is 5.95. The predicted octanol–water partition coefficient (Wildman–Crippen LogP) is 4.90. The van der Waals surface area contributed by atoms with Crippen LogP contribution in [0.3, 0.4) is 0 Å². The Morgan fingerprint density at radius 3 is 2.70 bits per heavy atom. The number of ketones is 1. The third-order valence-electron chi connectivity index (χ3n) is 8.12. The smallest absolute Gasteiger partial charge is 0.162 e. The van der Waals surface area contributed by atoms with Gasteiger partial charge in [0.1, 0.15) is 5.82 Å². The molecule has 0 aromatic heterocycles. The van der Waals surface area contributed by atoms with Gasteiger partial charge in [-0.3, -0.25) is 4.79 Å². The molecule has 0 N–H and O–H groups in total. The third-order valence-corrected chi connectivity index (χ3v) is 8.12. The van der Waals surface area contributed by atoms with E-state index in [1.807, 2.05) is 0 Å². The second kappa shape index (κ2) is 6.91. The van der Waals surface area contributed by atoms with Gasteiger partial charge in [0.15, 0.2) is 5.78 Å². The molecule has 1 saturated heterocycles. The maximum Gasteiger partial charge on any atom is 0.162 e. The van der Waals surface area contributed by atoms with Crippen LogP contribution in [0.2, 0.25) is 0 Å². The summed E-state index contributed by atoms with van der Waals surface area (Å²) in [6, 6.07) is 13.7. The van der Waals surface area contributed by atoms with Gasteiger partial charge in [0.25, 0.3) is 0 Å². The first-order chi connectivity index (χ1) is 14.6. The van der Waals surface area contributed by atoms with Gasteiger partial charge < -0.3 is 9.80 Å². The minimum Gasteiger partial charge on any atom is -0.367 e. The van der Waals surface area contributed by atoms with Crippen LogP contribution < -0.4 is 4.90 Å². The van der Waals surface area contributed by atoms with Gasteiger partial charge in [-0.1, -0.05) is 18.2 Å². The van der Waals surface area contributed by atoms with Crippen LogP contribution in [0, 0.1) is 5.82 Å². The van der Waals surface area contributed by atoms with E-state index in [4.69, 9.17) is 0 Å². The molecule has 2 unspecified atom stereocenters. The molecule has 0 amide bonds. The number of likely N-dealkylation sites (tertiary alicyclic amines) is 1. The number of halogens is 1. The number of hydrogen-bond acceptors (Lipinski definition) is 3. The third kappa shape index (κ3) is 2.91. The number of rotatable bonds is 5. The molecular formula is C26H29FN2O. The fourth-order valence-corrected chi connectivity index (χ4v) is 6.32. The van der Waals surface area contributed by atoms with Crippen LogP contribution in [-0.2, 0) is 5.41 Å². The fourth-order valence-electron chi connectivity index (χ4n) is 6.32. The monoisotopic (exact) mass is 404 g/mol. The Labute approximate surface area is 177 Å². The van der Waals surface area contributed by atoms with Crippen LogP contribution in [0.15, 0.2) is 42.5 Å². The van der Waals surface area contributed by atoms with Crippen LogP contribution in [0.5, 0.6) is 0 Å². The van der Waals surface area contributed by atoms with E-state index in [1.54, 1.807) is 28.9 Å². The standard InChI is InChI=1S/C26H29FN2O/c27-19-8-6-18(7-9-19)24(30)5-2-14-28-15-10-23-21(17-28)20-3-1-4-22-25(20)29(23)16-13-26(22)11-12-26/h1,3-4,6-9,21,23H,2,5,10-17H2. The summed E-state index contributed by atoms with van der Waals surface area (Å²) < 4.78 is 13.1. The Morgan fingerprint density at radius 2 is 1.90 bits per heavy atom. The molecule has 0 radical (unpaired) electrons. The number of fused-ring (bicyclic) bond motifs is 4. The summed E-state index contributed by atoms with van der Waals surface area (Å²) in [5.41, 5.74) is 5.93. The zero-order valence-corrected chi connectivity index (χ0v) is 17.4. The van der Waals surface area contributed by atoms with E-state index < -0.39 is 0 Å². The van der Waals surface area contributed by atoms with Crippen molar-refractivity contribution in [1.29, 1.82) is 0 Å². The first-order valence-corrected chi connectivity index (χ1v) is 11.6. The largest absolute Gasteiger partial charge is 0.367 e. The van der Waals surface area contributed by atoms with Crippen LogP contribution in [0.1, 0.15) is 65.9 Å². The minimum atomic E-state index is -0.292. The first-order valence-electron chi connectivity index (χ1n) is 11.6. The lowest BCUT2D eigenvalue weighted by atomic mass is 9.85. The van der Waals surface area contributed by atoms with E-state index in [0.717, 1.165) is 26.1 Å². The maximum absolute atomic E-state index is 13.1. The van der Waals surface area contributed by atoms with Crippen molar-refractivity contribution in [3.63, 3.8) is 0 Å². The van der Waals surface area contributed by atoms with Gasteiger partial charge in [0.2, 0.25) is 0 Å². The lowest BCUT2D eigenvalue weighted by molar-refractivity contribution is 0.0971. The summed E-state index contributed by atoms with van der Waals surface area (Å²) in [5.74, 6) is 0.433. The molecule has 2 aromatic rings. The van der Waals surface area contributed by atoms with Crippen LogP contribution in [0.25, 0.3) is 0 Å². The van der Waals surface area contributed by atoms with Crippen LogP contribution in [0.4, 0.5) is 10.1 Å². The van der Waals surface area contributed by atoms with Crippen molar-refractivity contribution < 1.29 is 9.18 Å². The van der Waals surface area contributed by atoms with Gasteiger partial charge in [-0.2, -0.15) is 0 Å². The van der Waals surface area contributed by atoms with Crippen LogP contribution in [-0.4, -0.2) is 42.9 Å². The average Bonchev–Trinajstić information content (AvgIpc) is 3.48. The molecule has 1 spiro atoms. The summed E-state index contributed by atoms with van der Waals surface area (Å²) in [6.45, 7) is 4.43. The van der Waals surface area contributed by atoms with Gasteiger partial charge in [-0.05, 0) is 79.5 Å². The van der Waals surface area contributed by atoms with Crippen molar-refractivity contribution in [2.75, 3.05) is 31.1 Å². The average molecular weight is 405 g/mol. The highest BCUT2D eigenvalue weighted by atomic mass is 19.1. The second-order valence-electron chi connectivity index (χ2n) is 9.76. The summed E-state index contributed by atoms with van der Waals surface area (Å²) in [5, 5.41) is 0. The molecule has 1 aliphatic carbocycles. The predicted molar refractivity (Wildman–Crippen MR) is 117 cm³/mol. The molecule has 0 bridgehead atoms. The zero-order valence-electron chi connectivity index (χ0n) is 17.4. The SMILES string of the molecule is O=C(CCCN1CCC2C(C1)c1cccc3c1N2CCC31CC1)c1ccc(F)cc1. The normalized spacial score (nSPS) is 25.8. The molecule has 4 aliphatic rings. The van der Waals surface area contributed by atoms with Crippen molar-refractivity contribution in [3.8, 4) is 0 Å². The van der Waals surface area contributed by atoms with Gasteiger partial charge >= 0.3 is 0 Å². The number of nitrogens with zero attached hydrogens (tertiary/aromatic N) is 2. The highest BCUT2D eigenvalue weighted by Crippen LogP contribution is 2.60. The Morgan fingerprint density at radius 1 is 1.07 bits per heavy atom. The number of benzene rings is 2. The molecule has 2 aromatic carbocycles. The van der Waals surface area contributed by atoms with Crippen molar-refractivity contribution in [1.82, 2.24) is 4.90 Å². The topological polar surface area (TPSA) is 23.6 Å². The lowest BCUT2D eigenvalue weighted by Crippen LogP contribution is -2.48. The molecule has 30 heavy (non-hydrogen) atoms. The van der Waals surface area contributed by atoms with E-state index in [-0.39, 0.29) is 11.6 Å². The summed E-state index contributed by atoms with van der Waals surface area (Å²) in [6.07, 6.45) is 6.71. The Bertz CT molecular complexity index is 981. The number of piperidine rings is 1. The van der Waals surface area contributed by atoms with E-state index >= 15 is 0 Å². The zero-order chi connectivity index (χ0) is 20.3. The van der Waals surface area contributed by atoms with E-state index in [1.165, 1.54) is 44.4 Å². The van der Waals surface area contributed by atoms with Crippen molar-refractivity contribution >= 4 is 11.5 Å². The molecule has 156 valence electrons. The first kappa shape index (κ1) is 18.6. The summed E-state index contributed by atoms with van der Waals surface area (Å²) in [7, 11) is 0. The number of anilines is 1. The lowest BCUT2D eigenvalue weighted by Gasteiger charge is -2.41. The second-order valence-corrected chi connectivity index (χ2v) is 9.76. The van der Waals surface area contributed by atoms with Crippen molar-refractivity contribution in [2.45, 2.75) is 55.9 Å². The molecule has 4 heteroatoms. The number of Topliss-reactive ketones (excluding diaryl/α,β-unsaturated/α-hetero) is 1. The Kier molecular flexibility index (Phi) is 4.28. The Hall–Kier alpha value is -2.20. The maximum atomic E-state index is 13.1. The van der Waals surface area contributed by atoms with Gasteiger partial charge in [0.05, 0.1) is 0 Å². The fraction of sp³-hybridized carbons (Fsp3) is 0.500.